The average Bonchev–Trinajstić information content (AvgIpc) is 2.97. The molecule has 13 rings (SSSR count). The molecule has 0 spiro atoms. The maximum Gasteiger partial charge on any atom is 0.327 e. The van der Waals surface area contributed by atoms with Crippen molar-refractivity contribution >= 4 is 5.97 Å². The van der Waals surface area contributed by atoms with Crippen LogP contribution < -0.4 is 0 Å². The summed E-state index contributed by atoms with van der Waals surface area (Å²) < 4.78 is 0. The molecule has 13 fully saturated rings. The Morgan fingerprint density at radius 3 is 1.63 bits per heavy atom. The lowest BCUT2D eigenvalue weighted by Crippen LogP contribution is -2.87. The monoisotopic (exact) mass is 631 g/mol. The second-order valence-corrected chi connectivity index (χ2v) is 22.3. The van der Waals surface area contributed by atoms with E-state index in [1.807, 2.05) is 0 Å². The summed E-state index contributed by atoms with van der Waals surface area (Å²) in [6, 6.07) is 0. The fraction of sp³-hybridized carbons (Fsp3) is 0.932. The first-order chi connectivity index (χ1) is 21.2. The van der Waals surface area contributed by atoms with Crippen LogP contribution in [0.4, 0.5) is 0 Å². The zero-order valence-corrected chi connectivity index (χ0v) is 31.7. The van der Waals surface area contributed by atoms with Crippen LogP contribution in [-0.2, 0) is 4.79 Å². The van der Waals surface area contributed by atoms with Gasteiger partial charge in [0.1, 0.15) is 0 Å². The van der Waals surface area contributed by atoms with Crippen LogP contribution in [0.2, 0.25) is 0 Å². The number of hydrogen-bond acceptors (Lipinski definition) is 1. The van der Waals surface area contributed by atoms with E-state index in [0.29, 0.717) is 48.7 Å². The third-order valence-electron chi connectivity index (χ3n) is 21.3. The van der Waals surface area contributed by atoms with Gasteiger partial charge < -0.3 is 5.11 Å². The number of rotatable bonds is 4. The minimum absolute atomic E-state index is 0.437. The third-order valence-corrected chi connectivity index (χ3v) is 21.3. The van der Waals surface area contributed by atoms with E-state index in [-0.39, 0.29) is 0 Å². The van der Waals surface area contributed by atoms with Gasteiger partial charge in [0.15, 0.2) is 0 Å². The summed E-state index contributed by atoms with van der Waals surface area (Å²) in [5, 5.41) is 7.60. The van der Waals surface area contributed by atoms with Crippen molar-refractivity contribution in [2.75, 3.05) is 0 Å². The van der Waals surface area contributed by atoms with Crippen molar-refractivity contribution in [3.05, 3.63) is 12.7 Å². The predicted octanol–water partition coefficient (Wildman–Crippen LogP) is 11.8. The number of hydrogen-bond donors (Lipinski definition) is 1. The molecule has 1 N–H and O–H groups in total. The number of carboxylic acid groups (broad SMARTS) is 1. The van der Waals surface area contributed by atoms with Gasteiger partial charge in [0, 0.05) is 6.08 Å². The van der Waals surface area contributed by atoms with Crippen molar-refractivity contribution in [2.24, 2.45) is 96.1 Å². The number of carbonyl (C=O) groups is 1. The van der Waals surface area contributed by atoms with Gasteiger partial charge in [0.2, 0.25) is 0 Å². The van der Waals surface area contributed by atoms with Gasteiger partial charge >= 0.3 is 5.97 Å². The first-order valence-corrected chi connectivity index (χ1v) is 20.1. The molecule has 258 valence electrons. The Kier molecular flexibility index (Phi) is 6.42. The summed E-state index contributed by atoms with van der Waals surface area (Å²) in [5.41, 5.74) is 4.53. The molecule has 10 atom stereocenters. The highest BCUT2D eigenvalue weighted by molar-refractivity contribution is 5.78. The smallest absolute Gasteiger partial charge is 0.327 e. The molecule has 0 aromatic rings. The van der Waals surface area contributed by atoms with Crippen molar-refractivity contribution in [1.29, 1.82) is 0 Å². The van der Waals surface area contributed by atoms with E-state index in [1.54, 1.807) is 57.8 Å². The summed E-state index contributed by atoms with van der Waals surface area (Å²) >= 11 is 0. The standard InChI is InChI=1S/C41H66.C3H4O2/c1-25-15-31-24-41(35(31,6)7,39-20-26-16-27(21-39)18-28(17-26)22-39)38(25,10)40-23-30(34(40,4)5)12-14-37(40,9)36(8)13-11-29-19-32(36)33(29,2)3;1-2-3(4)5/h25-32H,11-24H2,1-10H3;2H,1H2,(H,4,5). The highest BCUT2D eigenvalue weighted by Gasteiger charge is 2.90. The first-order valence-electron chi connectivity index (χ1n) is 20.1. The van der Waals surface area contributed by atoms with Gasteiger partial charge in [-0.05, 0) is 186 Å². The predicted molar refractivity (Wildman–Crippen MR) is 189 cm³/mol. The van der Waals surface area contributed by atoms with Crippen molar-refractivity contribution < 1.29 is 9.90 Å². The molecule has 2 heteroatoms. The maximum atomic E-state index is 9.25. The van der Waals surface area contributed by atoms with Gasteiger partial charge in [-0.25, -0.2) is 4.79 Å². The SMILES string of the molecule is C=CC(=O)O.CC1CC2CC(C34CC5CC(CC(C5)C3)C4)(C2(C)C)C1(C)C12CC(CCC1(C)C1(C)CCC3CC1C3(C)C)C2(C)C. The lowest BCUT2D eigenvalue weighted by molar-refractivity contribution is -0.450. The van der Waals surface area contributed by atoms with Gasteiger partial charge in [-0.3, -0.25) is 0 Å². The minimum Gasteiger partial charge on any atom is -0.478 e. The van der Waals surface area contributed by atoms with Gasteiger partial charge in [-0.15, -0.1) is 0 Å². The largest absolute Gasteiger partial charge is 0.478 e. The van der Waals surface area contributed by atoms with Gasteiger partial charge in [-0.1, -0.05) is 75.8 Å². The number of aliphatic carboxylic acids is 1. The topological polar surface area (TPSA) is 37.3 Å². The summed E-state index contributed by atoms with van der Waals surface area (Å²) in [6.45, 7) is 31.5. The van der Waals surface area contributed by atoms with Gasteiger partial charge in [0.25, 0.3) is 0 Å². The Hall–Kier alpha value is -0.790. The van der Waals surface area contributed by atoms with Crippen molar-refractivity contribution in [3.8, 4) is 0 Å². The molecule has 0 radical (unpaired) electrons. The van der Waals surface area contributed by atoms with Crippen LogP contribution in [0.3, 0.4) is 0 Å². The molecule has 0 heterocycles. The fourth-order valence-corrected chi connectivity index (χ4v) is 19.6. The van der Waals surface area contributed by atoms with Gasteiger partial charge in [0.05, 0.1) is 0 Å². The quantitative estimate of drug-likeness (QED) is 0.314. The molecule has 13 aliphatic rings. The summed E-state index contributed by atoms with van der Waals surface area (Å²) in [7, 11) is 0. The summed E-state index contributed by atoms with van der Waals surface area (Å²) in [4.78, 5) is 9.25. The second kappa shape index (κ2) is 9.11. The minimum atomic E-state index is -0.981. The zero-order valence-electron chi connectivity index (χ0n) is 31.7. The summed E-state index contributed by atoms with van der Waals surface area (Å²) in [5.74, 6) is 6.94. The van der Waals surface area contributed by atoms with Crippen molar-refractivity contribution in [1.82, 2.24) is 0 Å². The second-order valence-electron chi connectivity index (χ2n) is 22.3. The Bertz CT molecular complexity index is 1300. The molecule has 10 unspecified atom stereocenters. The molecular weight excluding hydrogens is 560 g/mol. The van der Waals surface area contributed by atoms with E-state index in [0.717, 1.165) is 53.4 Å². The molecule has 46 heavy (non-hydrogen) atoms. The van der Waals surface area contributed by atoms with E-state index >= 15 is 0 Å². The van der Waals surface area contributed by atoms with Crippen molar-refractivity contribution in [3.63, 3.8) is 0 Å². The lowest BCUT2D eigenvalue weighted by Gasteiger charge is -2.92. The molecule has 0 aliphatic heterocycles. The molecule has 0 amide bonds. The molecule has 13 aliphatic carbocycles. The number of carboxylic acids is 1. The molecule has 10 bridgehead atoms. The average molecular weight is 631 g/mol. The molecule has 0 aromatic carbocycles. The maximum absolute atomic E-state index is 9.25. The first kappa shape index (κ1) is 32.4. The van der Waals surface area contributed by atoms with Crippen LogP contribution in [0.1, 0.15) is 159 Å². The molecular formula is C44H70O2. The highest BCUT2D eigenvalue weighted by Crippen LogP contribution is 2.96. The van der Waals surface area contributed by atoms with E-state index < -0.39 is 5.97 Å². The van der Waals surface area contributed by atoms with Crippen LogP contribution in [0, 0.1) is 96.1 Å². The van der Waals surface area contributed by atoms with E-state index in [4.69, 9.17) is 5.11 Å². The van der Waals surface area contributed by atoms with Crippen LogP contribution >= 0.6 is 0 Å². The molecule has 2 nitrogen and oxygen atoms in total. The Morgan fingerprint density at radius 2 is 1.17 bits per heavy atom. The van der Waals surface area contributed by atoms with Crippen LogP contribution in [-0.4, -0.2) is 11.1 Å². The lowest BCUT2D eigenvalue weighted by atomic mass is 9.11. The normalized spacial score (nSPS) is 58.7. The molecule has 13 saturated carbocycles. The Morgan fingerprint density at radius 1 is 0.674 bits per heavy atom. The molecule has 0 aromatic heterocycles. The molecule has 0 saturated heterocycles. The van der Waals surface area contributed by atoms with Crippen LogP contribution in [0.25, 0.3) is 0 Å². The number of fused-ring (bicyclic) bond motifs is 7. The van der Waals surface area contributed by atoms with Crippen molar-refractivity contribution in [2.45, 2.75) is 159 Å². The zero-order chi connectivity index (χ0) is 33.3. The summed E-state index contributed by atoms with van der Waals surface area (Å²) in [6.07, 6.45) is 22.7. The Labute approximate surface area is 283 Å². The van der Waals surface area contributed by atoms with E-state index in [1.165, 1.54) is 32.1 Å². The van der Waals surface area contributed by atoms with E-state index in [2.05, 4.69) is 75.8 Å². The van der Waals surface area contributed by atoms with Gasteiger partial charge in [-0.2, -0.15) is 0 Å². The fourth-order valence-electron chi connectivity index (χ4n) is 19.6. The van der Waals surface area contributed by atoms with Crippen LogP contribution in [0.5, 0.6) is 0 Å². The van der Waals surface area contributed by atoms with Crippen LogP contribution in [0.15, 0.2) is 12.7 Å². The third kappa shape index (κ3) is 3.11. The Balaban J connectivity index is 0.000000583. The highest BCUT2D eigenvalue weighted by atomic mass is 16.4. The van der Waals surface area contributed by atoms with E-state index in [9.17, 15) is 4.79 Å².